The van der Waals surface area contributed by atoms with Crippen molar-refractivity contribution in [3.8, 4) is 0 Å². The molecule has 4 fully saturated rings. The Morgan fingerprint density at radius 2 is 0.863 bits per heavy atom. The highest BCUT2D eigenvalue weighted by Crippen LogP contribution is 2.37. The summed E-state index contributed by atoms with van der Waals surface area (Å²) in [4.78, 5) is 37.3. The molecule has 4 aliphatic rings. The Hall–Kier alpha value is -6.56. The number of aliphatic hydroxyl groups excluding tert-OH is 1. The van der Waals surface area contributed by atoms with Crippen LogP contribution in [0.15, 0.2) is 182 Å². The fraction of sp³-hybridized carbons (Fsp3) is 0.487. The first-order valence-corrected chi connectivity index (χ1v) is 35.2. The van der Waals surface area contributed by atoms with Crippen LogP contribution in [0.3, 0.4) is 0 Å². The van der Waals surface area contributed by atoms with E-state index in [1.165, 1.54) is 0 Å². The molecule has 5 N–H and O–H groups in total. The zero-order valence-corrected chi connectivity index (χ0v) is 55.3. The lowest BCUT2D eigenvalue weighted by Gasteiger charge is -2.49. The number of urea groups is 1. The summed E-state index contributed by atoms with van der Waals surface area (Å²) in [6.45, 7) is 3.05. The first-order valence-electron chi connectivity index (χ1n) is 34.1. The van der Waals surface area contributed by atoms with E-state index in [0.29, 0.717) is 63.7 Å². The van der Waals surface area contributed by atoms with E-state index in [1.54, 1.807) is 0 Å². The Balaban J connectivity index is 0.796. The molecule has 6 aromatic rings. The molecular formula is C76H96N4O14S. The van der Waals surface area contributed by atoms with Gasteiger partial charge in [-0.3, -0.25) is 9.59 Å². The number of rotatable bonds is 41. The fourth-order valence-corrected chi connectivity index (χ4v) is 14.0. The fourth-order valence-electron chi connectivity index (χ4n) is 12.4. The predicted octanol–water partition coefficient (Wildman–Crippen LogP) is 11.1. The first-order chi connectivity index (χ1) is 46.8. The lowest BCUT2D eigenvalue weighted by molar-refractivity contribution is -0.379. The van der Waals surface area contributed by atoms with Gasteiger partial charge in [0.1, 0.15) is 48.8 Å². The summed E-state index contributed by atoms with van der Waals surface area (Å²) < 4.78 is 68.7. The summed E-state index contributed by atoms with van der Waals surface area (Å²) in [5.41, 5.74) is 5.68. The summed E-state index contributed by atoms with van der Waals surface area (Å²) in [5, 5.41) is 25.5. The number of fused-ring (bicyclic) bond motifs is 1. The highest BCUT2D eigenvalue weighted by atomic mass is 32.2. The van der Waals surface area contributed by atoms with Crippen molar-refractivity contribution in [2.24, 2.45) is 0 Å². The number of aliphatic hydroxyl groups is 1. The molecule has 4 heterocycles. The van der Waals surface area contributed by atoms with E-state index in [1.807, 2.05) is 194 Å². The summed E-state index contributed by atoms with van der Waals surface area (Å²) in [6, 6.07) is 59.7. The van der Waals surface area contributed by atoms with Crippen LogP contribution in [-0.2, 0) is 96.6 Å². The Morgan fingerprint density at radius 1 is 0.453 bits per heavy atom. The van der Waals surface area contributed by atoms with Gasteiger partial charge in [0.15, 0.2) is 12.6 Å². The lowest BCUT2D eigenvalue weighted by Crippen LogP contribution is -2.66. The van der Waals surface area contributed by atoms with Gasteiger partial charge in [-0.05, 0) is 71.9 Å². The van der Waals surface area contributed by atoms with Crippen LogP contribution >= 0.6 is 11.8 Å². The van der Waals surface area contributed by atoms with Crippen LogP contribution in [0, 0.1) is 0 Å². The van der Waals surface area contributed by atoms with Gasteiger partial charge in [0.25, 0.3) is 0 Å². The molecule has 19 heteroatoms. The number of unbranched alkanes of at least 4 members (excludes halogenated alkanes) is 6. The molecule has 510 valence electrons. The van der Waals surface area contributed by atoms with Crippen LogP contribution in [-0.4, -0.2) is 140 Å². The molecule has 95 heavy (non-hydrogen) atoms. The molecule has 0 aromatic heterocycles. The third-order valence-corrected chi connectivity index (χ3v) is 19.1. The quantitative estimate of drug-likeness (QED) is 0.0178. The van der Waals surface area contributed by atoms with Crippen molar-refractivity contribution in [1.82, 2.24) is 21.3 Å². The van der Waals surface area contributed by atoms with E-state index >= 15 is 0 Å². The minimum absolute atomic E-state index is 0.00475. The van der Waals surface area contributed by atoms with E-state index in [9.17, 15) is 19.5 Å². The number of carbonyl (C=O) groups is 3. The average molecular weight is 1320 g/mol. The number of ether oxygens (including phenoxy) is 10. The number of benzene rings is 6. The SMILES string of the molecule is O=C(CCCCCO[C@H]1O[C@H](COCc2ccccc2)[C@@H](OCc2ccccc2)[C@H](OCc2ccccc2)[C@@H]1O[C@@H]1O[C@H](COCc2ccccc2)[C@@H](OCc2ccccc2)[C@H](OCc2ccccc2)[C@@H]1O)NCCCCCCNC(=O)CCCC[C@@H]1SC[C@@H]2NC(=O)N[C@@H]21. The Kier molecular flexibility index (Phi) is 29.7. The van der Waals surface area contributed by atoms with Gasteiger partial charge in [-0.25, -0.2) is 4.79 Å². The molecule has 0 radical (unpaired) electrons. The van der Waals surface area contributed by atoms with Gasteiger partial charge in [0.2, 0.25) is 11.8 Å². The maximum atomic E-state index is 13.1. The van der Waals surface area contributed by atoms with Gasteiger partial charge >= 0.3 is 6.03 Å². The topological polar surface area (TPSA) is 212 Å². The summed E-state index contributed by atoms with van der Waals surface area (Å²) >= 11 is 1.90. The van der Waals surface area contributed by atoms with Gasteiger partial charge < -0.3 is 73.7 Å². The molecule has 10 rings (SSSR count). The summed E-state index contributed by atoms with van der Waals surface area (Å²) in [7, 11) is 0. The van der Waals surface area contributed by atoms with Gasteiger partial charge in [-0.2, -0.15) is 11.8 Å². The van der Waals surface area contributed by atoms with Crippen LogP contribution in [0.25, 0.3) is 0 Å². The smallest absolute Gasteiger partial charge is 0.315 e. The van der Waals surface area contributed by atoms with Crippen molar-refractivity contribution in [1.29, 1.82) is 0 Å². The van der Waals surface area contributed by atoms with E-state index in [2.05, 4.69) is 21.3 Å². The van der Waals surface area contributed by atoms with Gasteiger partial charge in [-0.1, -0.05) is 208 Å². The van der Waals surface area contributed by atoms with Crippen LogP contribution < -0.4 is 21.3 Å². The number of hydrogen-bond acceptors (Lipinski definition) is 15. The number of amides is 4. The Bertz CT molecular complexity index is 3120. The standard InChI is InChI=1S/C76H96N4O14S/c81-65(77-43-25-1-2-26-44-78-66(82)42-24-23-40-64-67-61(54-95-64)79-76(84)80-67)41-22-9-27-45-87-75-73(72(91-51-60-38-20-8-21-39-60)70(89-49-58-34-16-6-17-35-58)63(93-75)53-86-47-56-30-12-4-13-31-56)94-74-68(83)71(90-50-59-36-18-7-19-37-59)69(88-48-57-32-14-5-15-33-57)62(92-74)52-85-46-55-28-10-3-11-29-55/h3-8,10-21,28-39,61-64,67-75,83H,1-2,9,22-27,40-54H2,(H,77,81)(H,78,82)(H2,79,80,84)/t61-,62+,63+,64-,67-,68-,69+,70+,71+,72-,73-,74-,75-/m0/s1. The van der Waals surface area contributed by atoms with Crippen molar-refractivity contribution in [2.75, 3.05) is 38.7 Å². The number of carbonyl (C=O) groups excluding carboxylic acids is 3. The molecule has 13 atom stereocenters. The number of hydrogen-bond donors (Lipinski definition) is 5. The molecule has 18 nitrogen and oxygen atoms in total. The Labute approximate surface area is 564 Å². The van der Waals surface area contributed by atoms with Crippen LogP contribution in [0.2, 0.25) is 0 Å². The molecule has 0 spiro atoms. The molecule has 0 unspecified atom stereocenters. The molecule has 6 aromatic carbocycles. The molecular weight excluding hydrogens is 1220 g/mol. The molecule has 4 saturated heterocycles. The number of nitrogens with one attached hydrogen (secondary N) is 4. The lowest BCUT2D eigenvalue weighted by atomic mass is 9.96. The largest absolute Gasteiger partial charge is 0.385 e. The van der Waals surface area contributed by atoms with Gasteiger partial charge in [0, 0.05) is 43.5 Å². The highest BCUT2D eigenvalue weighted by Gasteiger charge is 2.54. The van der Waals surface area contributed by atoms with Crippen molar-refractivity contribution >= 4 is 29.6 Å². The maximum Gasteiger partial charge on any atom is 0.315 e. The highest BCUT2D eigenvalue weighted by molar-refractivity contribution is 8.00. The molecule has 4 amide bonds. The first kappa shape index (κ1) is 71.2. The van der Waals surface area contributed by atoms with Crippen LogP contribution in [0.4, 0.5) is 4.79 Å². The summed E-state index contributed by atoms with van der Waals surface area (Å²) in [5.74, 6) is 1.03. The monoisotopic (exact) mass is 1320 g/mol. The minimum atomic E-state index is -1.42. The predicted molar refractivity (Wildman–Crippen MR) is 363 cm³/mol. The zero-order chi connectivity index (χ0) is 65.5. The maximum absolute atomic E-state index is 13.1. The van der Waals surface area contributed by atoms with Crippen molar-refractivity contribution < 1.29 is 66.9 Å². The van der Waals surface area contributed by atoms with Crippen LogP contribution in [0.5, 0.6) is 0 Å². The second-order valence-electron chi connectivity index (χ2n) is 24.9. The van der Waals surface area contributed by atoms with Gasteiger partial charge in [-0.15, -0.1) is 0 Å². The molecule has 0 aliphatic carbocycles. The van der Waals surface area contributed by atoms with E-state index in [-0.39, 0.29) is 76.2 Å². The molecule has 4 aliphatic heterocycles. The summed E-state index contributed by atoms with van der Waals surface area (Å²) in [6.07, 6.45) is -0.687. The van der Waals surface area contributed by atoms with E-state index < -0.39 is 61.4 Å². The van der Waals surface area contributed by atoms with Gasteiger partial charge in [0.05, 0.1) is 64.9 Å². The number of thioether (sulfide) groups is 1. The van der Waals surface area contributed by atoms with E-state index in [4.69, 9.17) is 47.4 Å². The Morgan fingerprint density at radius 3 is 1.35 bits per heavy atom. The minimum Gasteiger partial charge on any atom is -0.385 e. The van der Waals surface area contributed by atoms with Crippen LogP contribution in [0.1, 0.15) is 110 Å². The van der Waals surface area contributed by atoms with E-state index in [0.717, 1.165) is 84.1 Å². The van der Waals surface area contributed by atoms with Crippen molar-refractivity contribution in [2.45, 2.75) is 195 Å². The molecule has 0 bridgehead atoms. The second-order valence-corrected chi connectivity index (χ2v) is 26.2. The third kappa shape index (κ3) is 23.3. The molecule has 0 saturated carbocycles. The zero-order valence-electron chi connectivity index (χ0n) is 54.5. The van der Waals surface area contributed by atoms with Crippen molar-refractivity contribution in [3.05, 3.63) is 215 Å². The van der Waals surface area contributed by atoms with Crippen molar-refractivity contribution in [3.63, 3.8) is 0 Å². The second kappa shape index (κ2) is 39.6. The normalized spacial score (nSPS) is 24.7. The average Bonchev–Trinajstić information content (AvgIpc) is 1.33. The third-order valence-electron chi connectivity index (χ3n) is 17.6.